The first-order chi connectivity index (χ1) is 13.2. The lowest BCUT2D eigenvalue weighted by molar-refractivity contribution is 0.416. The fourth-order valence-electron chi connectivity index (χ4n) is 4.02. The zero-order valence-corrected chi connectivity index (χ0v) is 16.3. The number of aromatic amines is 1. The Labute approximate surface area is 161 Å². The molecule has 1 saturated heterocycles. The first-order valence-electron chi connectivity index (χ1n) is 10.1. The molecule has 0 atom stereocenters. The quantitative estimate of drug-likeness (QED) is 0.702. The highest BCUT2D eigenvalue weighted by atomic mass is 15.2. The Morgan fingerprint density at radius 2 is 2.00 bits per heavy atom. The Hall–Kier alpha value is -2.40. The lowest BCUT2D eigenvalue weighted by Gasteiger charge is -2.33. The summed E-state index contributed by atoms with van der Waals surface area (Å²) < 4.78 is 0. The molecule has 5 heteroatoms. The maximum Gasteiger partial charge on any atom is 0.132 e. The van der Waals surface area contributed by atoms with Crippen LogP contribution in [-0.2, 0) is 12.8 Å². The Kier molecular flexibility index (Phi) is 5.39. The van der Waals surface area contributed by atoms with E-state index in [-0.39, 0.29) is 0 Å². The summed E-state index contributed by atoms with van der Waals surface area (Å²) in [4.78, 5) is 14.9. The molecule has 3 aromatic rings. The van der Waals surface area contributed by atoms with E-state index in [1.54, 1.807) is 0 Å². The monoisotopic (exact) mass is 363 g/mol. The Morgan fingerprint density at radius 1 is 1.19 bits per heavy atom. The van der Waals surface area contributed by atoms with Crippen molar-refractivity contribution in [3.8, 4) is 0 Å². The lowest BCUT2D eigenvalue weighted by Crippen LogP contribution is -2.43. The van der Waals surface area contributed by atoms with E-state index in [1.165, 1.54) is 29.3 Å². The number of fused-ring (bicyclic) bond motifs is 1. The van der Waals surface area contributed by atoms with Crippen LogP contribution in [0.2, 0.25) is 0 Å². The summed E-state index contributed by atoms with van der Waals surface area (Å²) in [5.41, 5.74) is 3.77. The number of nitrogens with zero attached hydrogens (tertiary/aromatic N) is 3. The second-order valence-corrected chi connectivity index (χ2v) is 7.44. The minimum atomic E-state index is 0.597. The lowest BCUT2D eigenvalue weighted by atomic mass is 10.0. The van der Waals surface area contributed by atoms with Crippen LogP contribution in [-0.4, -0.2) is 40.6 Å². The van der Waals surface area contributed by atoms with Gasteiger partial charge in [-0.15, -0.1) is 0 Å². The number of piperidine rings is 1. The number of benzene rings is 1. The van der Waals surface area contributed by atoms with Crippen LogP contribution in [0.15, 0.2) is 36.5 Å². The highest BCUT2D eigenvalue weighted by molar-refractivity contribution is 5.83. The predicted octanol–water partition coefficient (Wildman–Crippen LogP) is 3.63. The van der Waals surface area contributed by atoms with E-state index in [0.717, 1.165) is 49.8 Å². The van der Waals surface area contributed by atoms with Gasteiger partial charge < -0.3 is 15.2 Å². The number of aromatic nitrogens is 3. The van der Waals surface area contributed by atoms with Gasteiger partial charge in [-0.3, -0.25) is 0 Å². The van der Waals surface area contributed by atoms with Crippen LogP contribution in [0, 0.1) is 6.92 Å². The topological polar surface area (TPSA) is 56.8 Å². The summed E-state index contributed by atoms with van der Waals surface area (Å²) in [7, 11) is 0. The van der Waals surface area contributed by atoms with Crippen LogP contribution in [0.5, 0.6) is 0 Å². The zero-order valence-electron chi connectivity index (χ0n) is 16.3. The van der Waals surface area contributed by atoms with Crippen LogP contribution in [0.25, 0.3) is 10.9 Å². The third-order valence-electron chi connectivity index (χ3n) is 5.56. The number of hydrogen-bond acceptors (Lipinski definition) is 4. The highest BCUT2D eigenvalue weighted by Crippen LogP contribution is 2.20. The van der Waals surface area contributed by atoms with Gasteiger partial charge in [0.15, 0.2) is 0 Å². The fourth-order valence-corrected chi connectivity index (χ4v) is 4.02. The van der Waals surface area contributed by atoms with Crippen molar-refractivity contribution in [2.24, 2.45) is 0 Å². The van der Waals surface area contributed by atoms with Gasteiger partial charge in [0.2, 0.25) is 0 Å². The molecule has 2 N–H and O–H groups in total. The van der Waals surface area contributed by atoms with Gasteiger partial charge in [-0.2, -0.15) is 0 Å². The van der Waals surface area contributed by atoms with Crippen molar-refractivity contribution in [3.63, 3.8) is 0 Å². The number of hydrogen-bond donors (Lipinski definition) is 2. The molecule has 0 spiro atoms. The molecule has 4 rings (SSSR count). The molecule has 1 aliphatic heterocycles. The summed E-state index contributed by atoms with van der Waals surface area (Å²) >= 11 is 0. The van der Waals surface area contributed by atoms with Crippen molar-refractivity contribution in [2.45, 2.75) is 45.6 Å². The second kappa shape index (κ2) is 8.09. The van der Waals surface area contributed by atoms with Crippen LogP contribution in [0.3, 0.4) is 0 Å². The van der Waals surface area contributed by atoms with Crippen molar-refractivity contribution in [1.82, 2.24) is 20.3 Å². The van der Waals surface area contributed by atoms with Crippen molar-refractivity contribution < 1.29 is 0 Å². The van der Waals surface area contributed by atoms with E-state index in [4.69, 9.17) is 0 Å². The number of para-hydroxylation sites is 1. The number of aryl methyl sites for hydroxylation is 2. The maximum atomic E-state index is 4.65. The Bertz CT molecular complexity index is 893. The van der Waals surface area contributed by atoms with Gasteiger partial charge in [-0.1, -0.05) is 25.1 Å². The molecule has 1 aromatic carbocycles. The fraction of sp³-hybridized carbons (Fsp3) is 0.455. The van der Waals surface area contributed by atoms with Crippen LogP contribution < -0.4 is 10.2 Å². The van der Waals surface area contributed by atoms with Crippen molar-refractivity contribution in [2.75, 3.05) is 24.5 Å². The van der Waals surface area contributed by atoms with E-state index in [0.29, 0.717) is 6.04 Å². The number of nitrogens with one attached hydrogen (secondary N) is 2. The molecule has 2 aromatic heterocycles. The SMILES string of the molecule is CCc1cc(N2CCC(NCCc3c[nH]c4ccccc34)CC2)nc(C)n1. The molecule has 0 unspecified atom stereocenters. The molecule has 0 radical (unpaired) electrons. The average Bonchev–Trinajstić information content (AvgIpc) is 3.11. The second-order valence-electron chi connectivity index (χ2n) is 7.44. The van der Waals surface area contributed by atoms with Crippen LogP contribution >= 0.6 is 0 Å². The van der Waals surface area contributed by atoms with Gasteiger partial charge in [0.1, 0.15) is 11.6 Å². The van der Waals surface area contributed by atoms with Crippen LogP contribution in [0.4, 0.5) is 5.82 Å². The molecule has 1 aliphatic rings. The van der Waals surface area contributed by atoms with E-state index >= 15 is 0 Å². The first kappa shape index (κ1) is 18.0. The van der Waals surface area contributed by atoms with Gasteiger partial charge in [0.25, 0.3) is 0 Å². The van der Waals surface area contributed by atoms with E-state index < -0.39 is 0 Å². The zero-order chi connectivity index (χ0) is 18.6. The molecule has 1 fully saturated rings. The Balaban J connectivity index is 1.28. The summed E-state index contributed by atoms with van der Waals surface area (Å²) in [5.74, 6) is 1.97. The van der Waals surface area contributed by atoms with Crippen molar-refractivity contribution in [3.05, 3.63) is 53.6 Å². The summed E-state index contributed by atoms with van der Waals surface area (Å²) in [6.07, 6.45) is 6.51. The van der Waals surface area contributed by atoms with Gasteiger partial charge in [0, 0.05) is 48.0 Å². The molecule has 142 valence electrons. The van der Waals surface area contributed by atoms with Gasteiger partial charge in [0.05, 0.1) is 0 Å². The Morgan fingerprint density at radius 3 is 2.81 bits per heavy atom. The molecule has 0 amide bonds. The molecule has 5 nitrogen and oxygen atoms in total. The summed E-state index contributed by atoms with van der Waals surface area (Å²) in [6, 6.07) is 11.3. The molecule has 27 heavy (non-hydrogen) atoms. The maximum absolute atomic E-state index is 4.65. The van der Waals surface area contributed by atoms with Crippen LogP contribution in [0.1, 0.15) is 36.8 Å². The standard InChI is InChI=1S/C22H29N5/c1-3-18-14-22(26-16(2)25-18)27-12-9-19(10-13-27)23-11-8-17-15-24-21-7-5-4-6-20(17)21/h4-7,14-15,19,23-24H,3,8-13H2,1-2H3. The minimum Gasteiger partial charge on any atom is -0.361 e. The first-order valence-corrected chi connectivity index (χ1v) is 10.1. The van der Waals surface area contributed by atoms with Crippen molar-refractivity contribution >= 4 is 16.7 Å². The third kappa shape index (κ3) is 4.14. The minimum absolute atomic E-state index is 0.597. The third-order valence-corrected chi connectivity index (χ3v) is 5.56. The molecule has 0 bridgehead atoms. The highest BCUT2D eigenvalue weighted by Gasteiger charge is 2.20. The molecule has 3 heterocycles. The smallest absolute Gasteiger partial charge is 0.132 e. The normalized spacial score (nSPS) is 15.6. The molecule has 0 aliphatic carbocycles. The molecular formula is C22H29N5. The summed E-state index contributed by atoms with van der Waals surface area (Å²) in [6.45, 7) is 7.28. The number of H-pyrrole nitrogens is 1. The summed E-state index contributed by atoms with van der Waals surface area (Å²) in [5, 5.41) is 5.10. The predicted molar refractivity (Wildman–Crippen MR) is 111 cm³/mol. The van der Waals surface area contributed by atoms with E-state index in [1.807, 2.05) is 6.92 Å². The number of rotatable bonds is 6. The van der Waals surface area contributed by atoms with Crippen molar-refractivity contribution in [1.29, 1.82) is 0 Å². The molecular weight excluding hydrogens is 334 g/mol. The van der Waals surface area contributed by atoms with Gasteiger partial charge in [-0.25, -0.2) is 9.97 Å². The molecule has 0 saturated carbocycles. The average molecular weight is 364 g/mol. The van der Waals surface area contributed by atoms with E-state index in [9.17, 15) is 0 Å². The largest absolute Gasteiger partial charge is 0.361 e. The van der Waals surface area contributed by atoms with E-state index in [2.05, 4.69) is 68.6 Å². The number of anilines is 1. The van der Waals surface area contributed by atoms with Gasteiger partial charge in [-0.05, 0) is 50.8 Å². The van der Waals surface area contributed by atoms with Gasteiger partial charge >= 0.3 is 0 Å².